The first-order chi connectivity index (χ1) is 10.0. The average Bonchev–Trinajstić information content (AvgIpc) is 2.91. The first-order valence-electron chi connectivity index (χ1n) is 7.33. The zero-order valence-electron chi connectivity index (χ0n) is 12.5. The molecule has 1 aliphatic heterocycles. The smallest absolute Gasteiger partial charge is 0.310 e. The van der Waals surface area contributed by atoms with Crippen molar-refractivity contribution >= 4 is 21.9 Å². The molecular weight excluding hydrogens is 334 g/mol. The van der Waals surface area contributed by atoms with E-state index in [-0.39, 0.29) is 12.1 Å². The van der Waals surface area contributed by atoms with Gasteiger partial charge in [0.1, 0.15) is 0 Å². The Balaban J connectivity index is 2.05. The van der Waals surface area contributed by atoms with Gasteiger partial charge in [0, 0.05) is 16.6 Å². The van der Waals surface area contributed by atoms with Gasteiger partial charge in [-0.15, -0.1) is 0 Å². The summed E-state index contributed by atoms with van der Waals surface area (Å²) in [5.41, 5.74) is 1.26. The number of likely N-dealkylation sites (N-methyl/N-ethyl adjacent to an activating group) is 1. The van der Waals surface area contributed by atoms with Crippen molar-refractivity contribution < 1.29 is 14.6 Å². The molecule has 0 amide bonds. The van der Waals surface area contributed by atoms with Crippen molar-refractivity contribution in [3.05, 3.63) is 34.3 Å². The van der Waals surface area contributed by atoms with E-state index in [2.05, 4.69) is 46.8 Å². The van der Waals surface area contributed by atoms with Gasteiger partial charge in [-0.2, -0.15) is 0 Å². The molecule has 116 valence electrons. The van der Waals surface area contributed by atoms with Crippen molar-refractivity contribution in [1.29, 1.82) is 0 Å². The Kier molecular flexibility index (Phi) is 5.79. The lowest BCUT2D eigenvalue weighted by Gasteiger charge is -2.34. The summed E-state index contributed by atoms with van der Waals surface area (Å²) in [6.07, 6.45) is 0.907. The second-order valence-electron chi connectivity index (χ2n) is 5.56. The van der Waals surface area contributed by atoms with Crippen LogP contribution in [-0.4, -0.2) is 47.8 Å². The van der Waals surface area contributed by atoms with Crippen LogP contribution in [0.2, 0.25) is 0 Å². The number of aliphatic carboxylic acids is 1. The number of hydrogen-bond donors (Lipinski definition) is 1. The van der Waals surface area contributed by atoms with Crippen LogP contribution in [0.5, 0.6) is 0 Å². The number of benzene rings is 1. The summed E-state index contributed by atoms with van der Waals surface area (Å²) in [5.74, 6) is -1.18. The normalized spacial score (nSPS) is 23.4. The van der Waals surface area contributed by atoms with Gasteiger partial charge in [0.2, 0.25) is 0 Å². The van der Waals surface area contributed by atoms with Gasteiger partial charge in [0.15, 0.2) is 0 Å². The Labute approximate surface area is 134 Å². The minimum atomic E-state index is -0.758. The fourth-order valence-electron chi connectivity index (χ4n) is 3.06. The molecule has 0 aromatic heterocycles. The lowest BCUT2D eigenvalue weighted by atomic mass is 9.98. The van der Waals surface area contributed by atoms with Gasteiger partial charge in [-0.25, -0.2) is 0 Å². The molecule has 3 unspecified atom stereocenters. The molecule has 0 aliphatic carbocycles. The molecule has 3 atom stereocenters. The highest BCUT2D eigenvalue weighted by atomic mass is 79.9. The molecule has 1 fully saturated rings. The Hall–Kier alpha value is -0.910. The number of halogens is 1. The summed E-state index contributed by atoms with van der Waals surface area (Å²) in [4.78, 5) is 13.6. The van der Waals surface area contributed by atoms with Crippen LogP contribution < -0.4 is 0 Å². The number of carboxylic acids is 1. The molecule has 2 rings (SSSR count). The van der Waals surface area contributed by atoms with E-state index in [0.29, 0.717) is 13.2 Å². The highest BCUT2D eigenvalue weighted by Gasteiger charge is 2.38. The molecule has 0 radical (unpaired) electrons. The fourth-order valence-corrected chi connectivity index (χ4v) is 3.32. The van der Waals surface area contributed by atoms with Crippen molar-refractivity contribution in [1.82, 2.24) is 4.90 Å². The third kappa shape index (κ3) is 4.05. The van der Waals surface area contributed by atoms with E-state index in [1.54, 1.807) is 0 Å². The van der Waals surface area contributed by atoms with Gasteiger partial charge in [-0.1, -0.05) is 35.0 Å². The molecule has 0 bridgehead atoms. The minimum absolute atomic E-state index is 0.0297. The Bertz CT molecular complexity index is 477. The predicted molar refractivity (Wildman–Crippen MR) is 85.4 cm³/mol. The molecule has 5 heteroatoms. The van der Waals surface area contributed by atoms with E-state index in [1.807, 2.05) is 12.1 Å². The van der Waals surface area contributed by atoms with Crippen LogP contribution in [0.3, 0.4) is 0 Å². The third-order valence-electron chi connectivity index (χ3n) is 4.17. The first-order valence-corrected chi connectivity index (χ1v) is 8.13. The molecule has 0 saturated carbocycles. The van der Waals surface area contributed by atoms with Crippen molar-refractivity contribution in [2.75, 3.05) is 19.8 Å². The summed E-state index contributed by atoms with van der Waals surface area (Å²) in [6.45, 7) is 5.89. The largest absolute Gasteiger partial charge is 0.481 e. The van der Waals surface area contributed by atoms with Gasteiger partial charge in [0.05, 0.1) is 19.1 Å². The average molecular weight is 356 g/mol. The van der Waals surface area contributed by atoms with E-state index < -0.39 is 11.9 Å². The summed E-state index contributed by atoms with van der Waals surface area (Å²) >= 11 is 3.44. The second-order valence-corrected chi connectivity index (χ2v) is 6.48. The monoisotopic (exact) mass is 355 g/mol. The topological polar surface area (TPSA) is 49.8 Å². The number of carboxylic acid groups (broad SMARTS) is 1. The quantitative estimate of drug-likeness (QED) is 0.852. The van der Waals surface area contributed by atoms with Gasteiger partial charge in [0.25, 0.3) is 0 Å². The minimum Gasteiger partial charge on any atom is -0.481 e. The van der Waals surface area contributed by atoms with E-state index in [9.17, 15) is 9.90 Å². The summed E-state index contributed by atoms with van der Waals surface area (Å²) in [7, 11) is 0. The van der Waals surface area contributed by atoms with Gasteiger partial charge >= 0.3 is 5.97 Å². The lowest BCUT2D eigenvalue weighted by molar-refractivity contribution is -0.143. The van der Waals surface area contributed by atoms with E-state index in [1.165, 1.54) is 5.56 Å². The highest BCUT2D eigenvalue weighted by molar-refractivity contribution is 9.10. The molecule has 1 N–H and O–H groups in total. The molecule has 4 nitrogen and oxygen atoms in total. The zero-order chi connectivity index (χ0) is 15.4. The standard InChI is InChI=1S/C16H22BrNO3/c1-3-18(15-10-21-9-14(15)16(19)20)11(2)8-12-4-6-13(17)7-5-12/h4-7,11,14-15H,3,8-10H2,1-2H3,(H,19,20). The lowest BCUT2D eigenvalue weighted by Crippen LogP contribution is -2.48. The Morgan fingerprint density at radius 1 is 1.43 bits per heavy atom. The zero-order valence-corrected chi connectivity index (χ0v) is 14.0. The van der Waals surface area contributed by atoms with Crippen molar-refractivity contribution in [2.45, 2.75) is 32.4 Å². The molecule has 1 aromatic carbocycles. The van der Waals surface area contributed by atoms with E-state index >= 15 is 0 Å². The summed E-state index contributed by atoms with van der Waals surface area (Å²) in [5, 5.41) is 9.32. The Morgan fingerprint density at radius 3 is 2.67 bits per heavy atom. The maximum atomic E-state index is 11.3. The van der Waals surface area contributed by atoms with E-state index in [0.717, 1.165) is 17.4 Å². The molecule has 0 spiro atoms. The molecule has 1 heterocycles. The van der Waals surface area contributed by atoms with Crippen LogP contribution in [0.15, 0.2) is 28.7 Å². The Morgan fingerprint density at radius 2 is 2.10 bits per heavy atom. The highest BCUT2D eigenvalue weighted by Crippen LogP contribution is 2.23. The van der Waals surface area contributed by atoms with Gasteiger partial charge in [-0.05, 0) is 37.6 Å². The van der Waals surface area contributed by atoms with Crippen LogP contribution >= 0.6 is 15.9 Å². The van der Waals surface area contributed by atoms with Gasteiger partial charge < -0.3 is 9.84 Å². The molecule has 1 aromatic rings. The van der Waals surface area contributed by atoms with Crippen LogP contribution in [0.4, 0.5) is 0 Å². The molecule has 21 heavy (non-hydrogen) atoms. The fraction of sp³-hybridized carbons (Fsp3) is 0.562. The molecule has 1 aliphatic rings. The number of carbonyl (C=O) groups is 1. The number of hydrogen-bond acceptors (Lipinski definition) is 3. The SMILES string of the molecule is CCN(C(C)Cc1ccc(Br)cc1)C1COCC1C(=O)O. The number of rotatable bonds is 6. The third-order valence-corrected chi connectivity index (χ3v) is 4.70. The van der Waals surface area contributed by atoms with Crippen LogP contribution in [0, 0.1) is 5.92 Å². The van der Waals surface area contributed by atoms with Gasteiger partial charge in [-0.3, -0.25) is 9.69 Å². The molecule has 1 saturated heterocycles. The maximum absolute atomic E-state index is 11.3. The maximum Gasteiger partial charge on any atom is 0.310 e. The summed E-state index contributed by atoms with van der Waals surface area (Å²) in [6, 6.07) is 8.54. The second kappa shape index (κ2) is 7.38. The van der Waals surface area contributed by atoms with Crippen LogP contribution in [-0.2, 0) is 16.0 Å². The van der Waals surface area contributed by atoms with Crippen molar-refractivity contribution in [2.24, 2.45) is 5.92 Å². The number of nitrogens with zero attached hydrogens (tertiary/aromatic N) is 1. The van der Waals surface area contributed by atoms with Crippen molar-refractivity contribution in [3.8, 4) is 0 Å². The van der Waals surface area contributed by atoms with Crippen LogP contribution in [0.25, 0.3) is 0 Å². The molecular formula is C16H22BrNO3. The predicted octanol–water partition coefficient (Wildman–Crippen LogP) is 2.80. The van der Waals surface area contributed by atoms with E-state index in [4.69, 9.17) is 4.74 Å². The van der Waals surface area contributed by atoms with Crippen LogP contribution in [0.1, 0.15) is 19.4 Å². The number of ether oxygens (including phenoxy) is 1. The van der Waals surface area contributed by atoms with Crippen molar-refractivity contribution in [3.63, 3.8) is 0 Å². The first kappa shape index (κ1) is 16.5. The summed E-state index contributed by atoms with van der Waals surface area (Å²) < 4.78 is 6.47.